The molecule has 0 N–H and O–H groups in total. The third kappa shape index (κ3) is 3.59. The van der Waals surface area contributed by atoms with Crippen molar-refractivity contribution in [3.63, 3.8) is 0 Å². The van der Waals surface area contributed by atoms with Crippen LogP contribution in [0.4, 0.5) is 0 Å². The van der Waals surface area contributed by atoms with Gasteiger partial charge in [0, 0.05) is 27.9 Å². The van der Waals surface area contributed by atoms with Crippen LogP contribution in [-0.4, -0.2) is 18.8 Å². The van der Waals surface area contributed by atoms with E-state index in [0.717, 1.165) is 71.7 Å². The van der Waals surface area contributed by atoms with Crippen molar-refractivity contribution in [2.75, 3.05) is 14.2 Å². The van der Waals surface area contributed by atoms with Crippen LogP contribution in [0.2, 0.25) is 5.02 Å². The Morgan fingerprint density at radius 3 is 2.31 bits per heavy atom. The van der Waals surface area contributed by atoms with E-state index in [4.69, 9.17) is 25.5 Å². The number of nitrogens with zero attached hydrogens (tertiary/aromatic N) is 1. The molecule has 0 amide bonds. The Labute approximate surface area is 231 Å². The number of hydrogen-bond donors (Lipinski definition) is 0. The Morgan fingerprint density at radius 1 is 0.718 bits per heavy atom. The minimum atomic E-state index is 0.0140. The lowest BCUT2D eigenvalue weighted by molar-refractivity contribution is 0.414. The topological polar surface area (TPSA) is 36.5 Å². The number of benzene rings is 5. The number of fused-ring (bicyclic) bond motifs is 7. The predicted molar refractivity (Wildman–Crippen MR) is 162 cm³/mol. The van der Waals surface area contributed by atoms with E-state index in [-0.39, 0.29) is 5.41 Å². The molecule has 0 saturated carbocycles. The lowest BCUT2D eigenvalue weighted by atomic mass is 9.86. The first-order valence-electron chi connectivity index (χ1n) is 13.0. The second-order valence-electron chi connectivity index (χ2n) is 11.1. The lowest BCUT2D eigenvalue weighted by Crippen LogP contribution is -2.10. The van der Waals surface area contributed by atoms with Gasteiger partial charge in [-0.15, -0.1) is 0 Å². The van der Waals surface area contributed by atoms with Crippen molar-refractivity contribution >= 4 is 66.1 Å². The fourth-order valence-corrected chi connectivity index (χ4v) is 5.98. The Kier molecular flexibility index (Phi) is 5.17. The van der Waals surface area contributed by atoms with Gasteiger partial charge in [-0.1, -0.05) is 44.5 Å². The molecular formula is C34H28ClNO3. The van der Waals surface area contributed by atoms with Crippen LogP contribution in [0.5, 0.6) is 11.5 Å². The summed E-state index contributed by atoms with van der Waals surface area (Å²) in [5.41, 5.74) is 6.02. The molecular weight excluding hydrogens is 506 g/mol. The van der Waals surface area contributed by atoms with Gasteiger partial charge in [0.05, 0.1) is 35.7 Å². The van der Waals surface area contributed by atoms with E-state index in [0.29, 0.717) is 5.02 Å². The molecule has 0 spiro atoms. The Hall–Kier alpha value is -4.15. The molecule has 0 aliphatic carbocycles. The molecule has 0 aliphatic heterocycles. The highest BCUT2D eigenvalue weighted by Crippen LogP contribution is 2.43. The van der Waals surface area contributed by atoms with Gasteiger partial charge in [0.1, 0.15) is 22.7 Å². The van der Waals surface area contributed by atoms with E-state index in [2.05, 4.69) is 79.9 Å². The van der Waals surface area contributed by atoms with Crippen molar-refractivity contribution in [3.05, 3.63) is 89.4 Å². The quantitative estimate of drug-likeness (QED) is 0.227. The number of halogens is 1. The fraction of sp³-hybridized carbons (Fsp3) is 0.176. The molecule has 0 unspecified atom stereocenters. The van der Waals surface area contributed by atoms with E-state index in [9.17, 15) is 0 Å². The van der Waals surface area contributed by atoms with Crippen molar-refractivity contribution in [2.24, 2.45) is 0 Å². The number of ether oxygens (including phenoxy) is 2. The number of methoxy groups -OCH3 is 2. The molecule has 2 aromatic heterocycles. The van der Waals surface area contributed by atoms with Crippen molar-refractivity contribution < 1.29 is 13.9 Å². The van der Waals surface area contributed by atoms with Crippen LogP contribution in [0.3, 0.4) is 0 Å². The van der Waals surface area contributed by atoms with Gasteiger partial charge in [-0.25, -0.2) is 0 Å². The Bertz CT molecular complexity index is 2090. The first-order chi connectivity index (χ1) is 18.8. The van der Waals surface area contributed by atoms with E-state index in [1.54, 1.807) is 14.2 Å². The number of aromatic nitrogens is 1. The van der Waals surface area contributed by atoms with Crippen LogP contribution in [-0.2, 0) is 5.41 Å². The number of rotatable bonds is 3. The van der Waals surface area contributed by atoms with Crippen molar-refractivity contribution in [3.8, 4) is 17.2 Å². The zero-order valence-corrected chi connectivity index (χ0v) is 23.3. The van der Waals surface area contributed by atoms with E-state index < -0.39 is 0 Å². The summed E-state index contributed by atoms with van der Waals surface area (Å²) in [7, 11) is 3.38. The van der Waals surface area contributed by atoms with Crippen molar-refractivity contribution in [2.45, 2.75) is 26.2 Å². The van der Waals surface area contributed by atoms with Gasteiger partial charge in [-0.2, -0.15) is 0 Å². The van der Waals surface area contributed by atoms with Gasteiger partial charge in [-0.3, -0.25) is 0 Å². The Balaban J connectivity index is 1.53. The van der Waals surface area contributed by atoms with Crippen molar-refractivity contribution in [1.82, 2.24) is 4.57 Å². The fourth-order valence-electron chi connectivity index (χ4n) is 5.74. The minimum absolute atomic E-state index is 0.0140. The van der Waals surface area contributed by atoms with Crippen LogP contribution >= 0.6 is 11.6 Å². The normalized spacial score (nSPS) is 12.4. The van der Waals surface area contributed by atoms with Gasteiger partial charge < -0.3 is 18.5 Å². The molecule has 7 aromatic rings. The third-order valence-corrected chi connectivity index (χ3v) is 8.09. The highest BCUT2D eigenvalue weighted by atomic mass is 35.5. The zero-order valence-electron chi connectivity index (χ0n) is 22.6. The van der Waals surface area contributed by atoms with E-state index in [1.807, 2.05) is 24.3 Å². The standard InChI is InChI=1S/C34H28ClNO3/c1-34(2,3)21-7-12-28-26(17-21)32-29(38-5)13-11-27(35)33(32)36(28)22-8-6-19-16-30-25(15-20(19)14-22)24-10-9-23(37-4)18-31(24)39-30/h6-18H,1-5H3. The molecule has 0 fully saturated rings. The monoisotopic (exact) mass is 533 g/mol. The molecule has 0 radical (unpaired) electrons. The first kappa shape index (κ1) is 23.9. The maximum Gasteiger partial charge on any atom is 0.139 e. The van der Waals surface area contributed by atoms with Crippen LogP contribution < -0.4 is 9.47 Å². The molecule has 4 nitrogen and oxygen atoms in total. The summed E-state index contributed by atoms with van der Waals surface area (Å²) in [6.07, 6.45) is 0. The maximum atomic E-state index is 6.91. The molecule has 0 bridgehead atoms. The molecule has 0 atom stereocenters. The Morgan fingerprint density at radius 2 is 1.54 bits per heavy atom. The van der Waals surface area contributed by atoms with Gasteiger partial charge in [0.25, 0.3) is 0 Å². The smallest absolute Gasteiger partial charge is 0.139 e. The van der Waals surface area contributed by atoms with Crippen LogP contribution in [0.1, 0.15) is 26.3 Å². The maximum absolute atomic E-state index is 6.91. The summed E-state index contributed by atoms with van der Waals surface area (Å²) in [4.78, 5) is 0. The minimum Gasteiger partial charge on any atom is -0.497 e. The summed E-state index contributed by atoms with van der Waals surface area (Å²) in [6.45, 7) is 6.70. The number of hydrogen-bond acceptors (Lipinski definition) is 3. The van der Waals surface area contributed by atoms with Gasteiger partial charge >= 0.3 is 0 Å². The summed E-state index contributed by atoms with van der Waals surface area (Å²) >= 11 is 6.91. The van der Waals surface area contributed by atoms with E-state index in [1.165, 1.54) is 5.56 Å². The lowest BCUT2D eigenvalue weighted by Gasteiger charge is -2.19. The number of furan rings is 1. The van der Waals surface area contributed by atoms with Crippen LogP contribution in [0.15, 0.2) is 83.3 Å². The van der Waals surface area contributed by atoms with Crippen molar-refractivity contribution in [1.29, 1.82) is 0 Å². The summed E-state index contributed by atoms with van der Waals surface area (Å²) in [6, 6.07) is 27.4. The molecule has 2 heterocycles. The molecule has 7 rings (SSSR count). The average Bonchev–Trinajstić information content (AvgIpc) is 3.46. The second-order valence-corrected chi connectivity index (χ2v) is 11.5. The SMILES string of the molecule is COc1ccc2c(c1)oc1cc3ccc(-n4c5ccc(C(C)(C)C)cc5c5c(OC)ccc(Cl)c54)cc3cc12. The van der Waals surface area contributed by atoms with Gasteiger partial charge in [0.2, 0.25) is 0 Å². The first-order valence-corrected chi connectivity index (χ1v) is 13.4. The van der Waals surface area contributed by atoms with Crippen LogP contribution in [0.25, 0.3) is 60.2 Å². The van der Waals surface area contributed by atoms with E-state index >= 15 is 0 Å². The highest BCUT2D eigenvalue weighted by molar-refractivity contribution is 6.37. The highest BCUT2D eigenvalue weighted by Gasteiger charge is 2.22. The average molecular weight is 534 g/mol. The van der Waals surface area contributed by atoms with Gasteiger partial charge in [-0.05, 0) is 82.4 Å². The second kappa shape index (κ2) is 8.42. The summed E-state index contributed by atoms with van der Waals surface area (Å²) in [5.74, 6) is 1.59. The van der Waals surface area contributed by atoms with Gasteiger partial charge in [0.15, 0.2) is 0 Å². The predicted octanol–water partition coefficient (Wildman–Crippen LogP) is 9.80. The van der Waals surface area contributed by atoms with Crippen LogP contribution in [0, 0.1) is 0 Å². The zero-order chi connectivity index (χ0) is 27.1. The third-order valence-electron chi connectivity index (χ3n) is 7.79. The summed E-state index contributed by atoms with van der Waals surface area (Å²) < 4.78 is 19.7. The molecule has 0 saturated heterocycles. The largest absolute Gasteiger partial charge is 0.497 e. The molecule has 5 aromatic carbocycles. The molecule has 5 heteroatoms. The molecule has 39 heavy (non-hydrogen) atoms. The molecule has 194 valence electrons. The molecule has 0 aliphatic rings. The summed E-state index contributed by atoms with van der Waals surface area (Å²) in [5, 5.41) is 7.21.